The highest BCUT2D eigenvalue weighted by molar-refractivity contribution is 5.83. The Bertz CT molecular complexity index is 734. The number of fused-ring (bicyclic) bond motifs is 1. The van der Waals surface area contributed by atoms with E-state index in [0.717, 1.165) is 11.5 Å². The molecule has 0 saturated carbocycles. The summed E-state index contributed by atoms with van der Waals surface area (Å²) in [5.74, 6) is 1.76. The van der Waals surface area contributed by atoms with Gasteiger partial charge < -0.3 is 9.47 Å². The average Bonchev–Trinajstić information content (AvgIpc) is 2.51. The molecule has 3 aromatic rings. The summed E-state index contributed by atoms with van der Waals surface area (Å²) in [5, 5.41) is 2.41. The lowest BCUT2D eigenvalue weighted by Crippen LogP contribution is -2.08. The van der Waals surface area contributed by atoms with E-state index in [1.165, 1.54) is 16.3 Å². The predicted molar refractivity (Wildman–Crippen MR) is 86.1 cm³/mol. The molecule has 2 heteroatoms. The van der Waals surface area contributed by atoms with Crippen molar-refractivity contribution in [1.29, 1.82) is 0 Å². The molecule has 0 spiro atoms. The molecule has 0 fully saturated rings. The minimum atomic E-state index is 0.534. The average molecular weight is 278 g/mol. The molecule has 0 amide bonds. The Kier molecular flexibility index (Phi) is 4.06. The van der Waals surface area contributed by atoms with Gasteiger partial charge in [-0.05, 0) is 47.5 Å². The maximum absolute atomic E-state index is 5.74. The molecule has 106 valence electrons. The Labute approximate surface area is 124 Å². The Morgan fingerprint density at radius 2 is 1.38 bits per heavy atom. The van der Waals surface area contributed by atoms with Crippen LogP contribution in [0.3, 0.4) is 0 Å². The molecule has 0 aliphatic rings. The molecule has 0 radical (unpaired) electrons. The van der Waals surface area contributed by atoms with Gasteiger partial charge >= 0.3 is 0 Å². The van der Waals surface area contributed by atoms with Crippen molar-refractivity contribution in [2.45, 2.75) is 6.92 Å². The lowest BCUT2D eigenvalue weighted by molar-refractivity contribution is 0.217. The van der Waals surface area contributed by atoms with E-state index in [4.69, 9.17) is 9.47 Å². The molecule has 0 aliphatic heterocycles. The highest BCUT2D eigenvalue weighted by atomic mass is 16.5. The summed E-state index contributed by atoms with van der Waals surface area (Å²) >= 11 is 0. The molecule has 0 aromatic heterocycles. The zero-order valence-electron chi connectivity index (χ0n) is 12.1. The van der Waals surface area contributed by atoms with Crippen LogP contribution in [-0.4, -0.2) is 13.2 Å². The molecule has 3 aromatic carbocycles. The van der Waals surface area contributed by atoms with Crippen LogP contribution in [0.25, 0.3) is 10.8 Å². The Balaban J connectivity index is 1.54. The minimum absolute atomic E-state index is 0.534. The predicted octanol–water partition coefficient (Wildman–Crippen LogP) is 4.61. The van der Waals surface area contributed by atoms with Gasteiger partial charge in [0.15, 0.2) is 0 Å². The normalized spacial score (nSPS) is 10.5. The topological polar surface area (TPSA) is 18.5 Å². The lowest BCUT2D eigenvalue weighted by Gasteiger charge is -2.09. The highest BCUT2D eigenvalue weighted by Crippen LogP contribution is 2.20. The summed E-state index contributed by atoms with van der Waals surface area (Å²) in [7, 11) is 0. The van der Waals surface area contributed by atoms with Crippen LogP contribution in [0.15, 0.2) is 66.7 Å². The smallest absolute Gasteiger partial charge is 0.122 e. The molecule has 2 nitrogen and oxygen atoms in total. The van der Waals surface area contributed by atoms with Gasteiger partial charge in [0.1, 0.15) is 24.7 Å². The van der Waals surface area contributed by atoms with Crippen molar-refractivity contribution in [1.82, 2.24) is 0 Å². The quantitative estimate of drug-likeness (QED) is 0.635. The zero-order valence-corrected chi connectivity index (χ0v) is 12.1. The van der Waals surface area contributed by atoms with E-state index < -0.39 is 0 Å². The second-order valence-electron chi connectivity index (χ2n) is 5.02. The van der Waals surface area contributed by atoms with Crippen LogP contribution >= 0.6 is 0 Å². The van der Waals surface area contributed by atoms with E-state index in [1.807, 2.05) is 36.4 Å². The van der Waals surface area contributed by atoms with Gasteiger partial charge in [0, 0.05) is 0 Å². The van der Waals surface area contributed by atoms with E-state index in [0.29, 0.717) is 13.2 Å². The fourth-order valence-corrected chi connectivity index (χ4v) is 2.28. The first-order valence-corrected chi connectivity index (χ1v) is 7.12. The molecule has 0 unspecified atom stereocenters. The number of rotatable bonds is 5. The van der Waals surface area contributed by atoms with Gasteiger partial charge in [-0.15, -0.1) is 0 Å². The molecule has 21 heavy (non-hydrogen) atoms. The number of hydrogen-bond donors (Lipinski definition) is 0. The van der Waals surface area contributed by atoms with Crippen LogP contribution in [0.1, 0.15) is 5.56 Å². The molecule has 0 saturated heterocycles. The van der Waals surface area contributed by atoms with Crippen molar-refractivity contribution in [2.24, 2.45) is 0 Å². The fourth-order valence-electron chi connectivity index (χ4n) is 2.28. The van der Waals surface area contributed by atoms with E-state index in [1.54, 1.807) is 0 Å². The first-order chi connectivity index (χ1) is 10.3. The van der Waals surface area contributed by atoms with E-state index in [2.05, 4.69) is 37.3 Å². The third-order valence-electron chi connectivity index (χ3n) is 3.33. The van der Waals surface area contributed by atoms with Crippen LogP contribution in [0, 0.1) is 6.92 Å². The van der Waals surface area contributed by atoms with Crippen molar-refractivity contribution in [3.8, 4) is 11.5 Å². The summed E-state index contributed by atoms with van der Waals surface area (Å²) < 4.78 is 11.4. The molecule has 3 rings (SSSR count). The van der Waals surface area contributed by atoms with Crippen LogP contribution in [-0.2, 0) is 0 Å². The van der Waals surface area contributed by atoms with Crippen LogP contribution in [0.5, 0.6) is 11.5 Å². The maximum Gasteiger partial charge on any atom is 0.122 e. The van der Waals surface area contributed by atoms with Crippen molar-refractivity contribution in [3.05, 3.63) is 72.3 Å². The third kappa shape index (κ3) is 3.54. The largest absolute Gasteiger partial charge is 0.490 e. The summed E-state index contributed by atoms with van der Waals surface area (Å²) in [4.78, 5) is 0. The number of benzene rings is 3. The first-order valence-electron chi connectivity index (χ1n) is 7.12. The summed E-state index contributed by atoms with van der Waals surface area (Å²) in [6.07, 6.45) is 0. The second-order valence-corrected chi connectivity index (χ2v) is 5.02. The number of ether oxygens (including phenoxy) is 2. The molecule has 0 aliphatic carbocycles. The Morgan fingerprint density at radius 3 is 2.14 bits per heavy atom. The number of hydrogen-bond acceptors (Lipinski definition) is 2. The van der Waals surface area contributed by atoms with Crippen molar-refractivity contribution < 1.29 is 9.47 Å². The molecular weight excluding hydrogens is 260 g/mol. The van der Waals surface area contributed by atoms with E-state index in [9.17, 15) is 0 Å². The monoisotopic (exact) mass is 278 g/mol. The van der Waals surface area contributed by atoms with Gasteiger partial charge in [-0.3, -0.25) is 0 Å². The van der Waals surface area contributed by atoms with Crippen molar-refractivity contribution in [3.63, 3.8) is 0 Å². The zero-order chi connectivity index (χ0) is 14.5. The van der Waals surface area contributed by atoms with Gasteiger partial charge in [0.2, 0.25) is 0 Å². The van der Waals surface area contributed by atoms with Gasteiger partial charge in [-0.2, -0.15) is 0 Å². The Morgan fingerprint density at radius 1 is 0.667 bits per heavy atom. The van der Waals surface area contributed by atoms with Crippen LogP contribution < -0.4 is 9.47 Å². The molecule has 0 bridgehead atoms. The highest BCUT2D eigenvalue weighted by Gasteiger charge is 1.98. The standard InChI is InChI=1S/C19H18O2/c1-15-5-4-8-18(13-15)20-11-12-21-19-10-9-16-6-2-3-7-17(16)14-19/h2-10,13-14H,11-12H2,1H3. The molecule has 0 heterocycles. The van der Waals surface area contributed by atoms with E-state index >= 15 is 0 Å². The molecule has 0 N–H and O–H groups in total. The lowest BCUT2D eigenvalue weighted by atomic mass is 10.1. The SMILES string of the molecule is Cc1cccc(OCCOc2ccc3ccccc3c2)c1. The fraction of sp³-hybridized carbons (Fsp3) is 0.158. The Hall–Kier alpha value is -2.48. The summed E-state index contributed by atoms with van der Waals surface area (Å²) in [5.41, 5.74) is 1.20. The summed E-state index contributed by atoms with van der Waals surface area (Å²) in [6, 6.07) is 22.4. The third-order valence-corrected chi connectivity index (χ3v) is 3.33. The molecule has 0 atom stereocenters. The van der Waals surface area contributed by atoms with Crippen molar-refractivity contribution in [2.75, 3.05) is 13.2 Å². The maximum atomic E-state index is 5.74. The number of aryl methyl sites for hydroxylation is 1. The second kappa shape index (κ2) is 6.31. The van der Waals surface area contributed by atoms with E-state index in [-0.39, 0.29) is 0 Å². The van der Waals surface area contributed by atoms with Gasteiger partial charge in [0.05, 0.1) is 0 Å². The van der Waals surface area contributed by atoms with Gasteiger partial charge in [-0.1, -0.05) is 42.5 Å². The van der Waals surface area contributed by atoms with Gasteiger partial charge in [-0.25, -0.2) is 0 Å². The first kappa shape index (κ1) is 13.5. The minimum Gasteiger partial charge on any atom is -0.490 e. The van der Waals surface area contributed by atoms with Crippen LogP contribution in [0.4, 0.5) is 0 Å². The van der Waals surface area contributed by atoms with Crippen molar-refractivity contribution >= 4 is 10.8 Å². The van der Waals surface area contributed by atoms with Gasteiger partial charge in [0.25, 0.3) is 0 Å². The molecular formula is C19H18O2. The summed E-state index contributed by atoms with van der Waals surface area (Å²) in [6.45, 7) is 3.13. The van der Waals surface area contributed by atoms with Crippen LogP contribution in [0.2, 0.25) is 0 Å².